The molecule has 1 aliphatic rings. The van der Waals surface area contributed by atoms with Crippen molar-refractivity contribution in [3.63, 3.8) is 0 Å². The molecular formula is C12H13ClIN3O5. The number of hydrogen-bond acceptors (Lipinski definition) is 7. The lowest BCUT2D eigenvalue weighted by atomic mass is 10.1. The molecule has 0 bridgehead atoms. The summed E-state index contributed by atoms with van der Waals surface area (Å²) < 4.78 is 12.5. The monoisotopic (exact) mass is 441 g/mol. The first kappa shape index (κ1) is 16.1. The van der Waals surface area contributed by atoms with Crippen molar-refractivity contribution in [3.05, 3.63) is 21.2 Å². The van der Waals surface area contributed by atoms with E-state index in [0.717, 1.165) is 3.57 Å². The quantitative estimate of drug-likeness (QED) is 0.517. The van der Waals surface area contributed by atoms with Crippen LogP contribution in [-0.2, 0) is 9.47 Å². The number of nitrogens with zero attached hydrogens (tertiary/aromatic N) is 3. The third-order valence-electron chi connectivity index (χ3n) is 3.33. The maximum Gasteiger partial charge on any atom is 0.254 e. The lowest BCUT2D eigenvalue weighted by Gasteiger charge is -2.17. The van der Waals surface area contributed by atoms with Gasteiger partial charge in [-0.3, -0.25) is 0 Å². The summed E-state index contributed by atoms with van der Waals surface area (Å²) in [6.07, 6.45) is -1.04. The van der Waals surface area contributed by atoms with Crippen LogP contribution < -0.4 is 4.84 Å². The van der Waals surface area contributed by atoms with Gasteiger partial charge in [0.25, 0.3) is 6.29 Å². The average Bonchev–Trinajstić information content (AvgIpc) is 2.94. The molecule has 2 aromatic rings. The first-order valence-electron chi connectivity index (χ1n) is 6.37. The van der Waals surface area contributed by atoms with Crippen LogP contribution in [0.1, 0.15) is 0 Å². The maximum atomic E-state index is 10.0. The summed E-state index contributed by atoms with van der Waals surface area (Å²) in [5.74, 6) is 0. The molecule has 2 N–H and O–H groups in total. The Balaban J connectivity index is 1.86. The van der Waals surface area contributed by atoms with E-state index >= 15 is 0 Å². The second-order valence-corrected chi connectivity index (χ2v) is 6.27. The normalized spacial score (nSPS) is 28.4. The van der Waals surface area contributed by atoms with E-state index in [9.17, 15) is 10.2 Å². The molecule has 22 heavy (non-hydrogen) atoms. The van der Waals surface area contributed by atoms with Crippen LogP contribution in [0.3, 0.4) is 0 Å². The molecular weight excluding hydrogens is 429 g/mol. The molecule has 8 nitrogen and oxygen atoms in total. The van der Waals surface area contributed by atoms with E-state index in [-0.39, 0.29) is 6.61 Å². The Labute approximate surface area is 144 Å². The lowest BCUT2D eigenvalue weighted by Crippen LogP contribution is -2.38. The topological polar surface area (TPSA) is 98.9 Å². The van der Waals surface area contributed by atoms with Crippen molar-refractivity contribution >= 4 is 45.2 Å². The summed E-state index contributed by atoms with van der Waals surface area (Å²) in [6, 6.07) is 0. The van der Waals surface area contributed by atoms with Gasteiger partial charge in [0.05, 0.1) is 18.2 Å². The Bertz CT molecular complexity index is 684. The highest BCUT2D eigenvalue weighted by atomic mass is 127. The maximum absolute atomic E-state index is 10.0. The highest BCUT2D eigenvalue weighted by Gasteiger charge is 2.45. The minimum atomic E-state index is -1.20. The first-order chi connectivity index (χ1) is 10.5. The van der Waals surface area contributed by atoms with Crippen molar-refractivity contribution in [2.45, 2.75) is 24.6 Å². The van der Waals surface area contributed by atoms with E-state index < -0.39 is 24.6 Å². The van der Waals surface area contributed by atoms with Gasteiger partial charge in [0, 0.05) is 10.7 Å². The number of aromatic nitrogens is 3. The van der Waals surface area contributed by atoms with Crippen LogP contribution >= 0.6 is 34.2 Å². The van der Waals surface area contributed by atoms with Crippen molar-refractivity contribution in [2.24, 2.45) is 0 Å². The van der Waals surface area contributed by atoms with Crippen LogP contribution in [-0.4, -0.2) is 63.2 Å². The molecule has 0 unspecified atom stereocenters. The highest BCUT2D eigenvalue weighted by molar-refractivity contribution is 14.1. The number of aliphatic hydroxyl groups excluding tert-OH is 2. The zero-order valence-electron chi connectivity index (χ0n) is 11.4. The predicted molar refractivity (Wildman–Crippen MR) is 84.4 cm³/mol. The number of hydrogen-bond donors (Lipinski definition) is 2. The van der Waals surface area contributed by atoms with Crippen LogP contribution in [0, 0.1) is 3.57 Å². The molecule has 0 aliphatic carbocycles. The Hall–Kier alpha value is -0.720. The number of ether oxygens (including phenoxy) is 2. The molecule has 1 aliphatic heterocycles. The largest absolute Gasteiger partial charge is 0.387 e. The molecule has 0 aromatic carbocycles. The molecule has 0 radical (unpaired) electrons. The van der Waals surface area contributed by atoms with E-state index in [1.54, 1.807) is 6.20 Å². The highest BCUT2D eigenvalue weighted by Crippen LogP contribution is 2.27. The molecule has 0 amide bonds. The molecule has 120 valence electrons. The molecule has 3 rings (SSSR count). The summed E-state index contributed by atoms with van der Waals surface area (Å²) in [7, 11) is 1.48. The average molecular weight is 442 g/mol. The van der Waals surface area contributed by atoms with Gasteiger partial charge in [-0.2, -0.15) is 4.73 Å². The molecule has 0 saturated carbocycles. The smallest absolute Gasteiger partial charge is 0.254 e. The second kappa shape index (κ2) is 6.42. The Kier molecular flexibility index (Phi) is 4.71. The second-order valence-electron chi connectivity index (χ2n) is 4.75. The van der Waals surface area contributed by atoms with E-state index in [1.807, 2.05) is 0 Å². The van der Waals surface area contributed by atoms with Gasteiger partial charge in [0.1, 0.15) is 29.8 Å². The van der Waals surface area contributed by atoms with Crippen LogP contribution in [0.2, 0.25) is 5.15 Å². The van der Waals surface area contributed by atoms with Crippen molar-refractivity contribution in [3.8, 4) is 0 Å². The van der Waals surface area contributed by atoms with Crippen LogP contribution in [0.25, 0.3) is 11.0 Å². The number of fused-ring (bicyclic) bond motifs is 1. The van der Waals surface area contributed by atoms with Crippen molar-refractivity contribution in [1.82, 2.24) is 14.7 Å². The van der Waals surface area contributed by atoms with E-state index in [0.29, 0.717) is 16.2 Å². The fourth-order valence-corrected chi connectivity index (χ4v) is 3.39. The van der Waals surface area contributed by atoms with Crippen LogP contribution in [0.4, 0.5) is 0 Å². The first-order valence-corrected chi connectivity index (χ1v) is 7.83. The minimum Gasteiger partial charge on any atom is -0.387 e. The summed E-state index contributed by atoms with van der Waals surface area (Å²) >= 11 is 8.13. The standard InChI is InChI=1S/C12H13ClIN3O5/c1-20-3-6-8(18)9(19)12(21-6)22-17-2-5(14)7-10(13)15-4-16-11(7)17/h2,4,6,8-9,12,18-19H,3H2,1H3/t6-,8-,9-,12+/m1/s1. The van der Waals surface area contributed by atoms with E-state index in [1.165, 1.54) is 18.2 Å². The number of rotatable bonds is 4. The third kappa shape index (κ3) is 2.76. The molecule has 2 aromatic heterocycles. The Morgan fingerprint density at radius 2 is 2.18 bits per heavy atom. The Morgan fingerprint density at radius 3 is 2.91 bits per heavy atom. The zero-order valence-corrected chi connectivity index (χ0v) is 14.3. The predicted octanol–water partition coefficient (Wildman–Crippen LogP) is 0.211. The van der Waals surface area contributed by atoms with Crippen LogP contribution in [0.15, 0.2) is 12.5 Å². The van der Waals surface area contributed by atoms with Gasteiger partial charge >= 0.3 is 0 Å². The summed E-state index contributed by atoms with van der Waals surface area (Å²) in [5.41, 5.74) is 0.449. The lowest BCUT2D eigenvalue weighted by molar-refractivity contribution is -0.169. The van der Waals surface area contributed by atoms with Gasteiger partial charge in [-0.05, 0) is 22.6 Å². The van der Waals surface area contributed by atoms with Crippen LogP contribution in [0.5, 0.6) is 0 Å². The minimum absolute atomic E-state index is 0.149. The number of methoxy groups -OCH3 is 1. The zero-order chi connectivity index (χ0) is 15.9. The summed E-state index contributed by atoms with van der Waals surface area (Å²) in [5, 5.41) is 20.9. The number of aliphatic hydroxyl groups is 2. The Morgan fingerprint density at radius 1 is 1.41 bits per heavy atom. The van der Waals surface area contributed by atoms with E-state index in [2.05, 4.69) is 32.6 Å². The van der Waals surface area contributed by atoms with Crippen molar-refractivity contribution in [2.75, 3.05) is 13.7 Å². The summed E-state index contributed by atoms with van der Waals surface area (Å²) in [4.78, 5) is 13.6. The molecule has 10 heteroatoms. The molecule has 3 heterocycles. The molecule has 4 atom stereocenters. The molecule has 0 spiro atoms. The van der Waals surface area contributed by atoms with Gasteiger partial charge in [0.2, 0.25) is 0 Å². The van der Waals surface area contributed by atoms with Crippen molar-refractivity contribution < 1.29 is 24.5 Å². The van der Waals surface area contributed by atoms with E-state index in [4.69, 9.17) is 25.9 Å². The molecule has 1 fully saturated rings. The summed E-state index contributed by atoms with van der Waals surface area (Å²) in [6.45, 7) is 0.149. The SMILES string of the molecule is COC[C@H]1O[C@@H](On2cc(I)c3c(Cl)ncnc32)[C@H](O)[C@@H]1O. The fourth-order valence-electron chi connectivity index (χ4n) is 2.25. The van der Waals surface area contributed by atoms with Gasteiger partial charge in [0.15, 0.2) is 5.65 Å². The van der Waals surface area contributed by atoms with Crippen molar-refractivity contribution in [1.29, 1.82) is 0 Å². The number of halogens is 2. The van der Waals surface area contributed by atoms with Gasteiger partial charge < -0.3 is 24.5 Å². The fraction of sp³-hybridized carbons (Fsp3) is 0.500. The molecule has 1 saturated heterocycles. The van der Waals surface area contributed by atoms with Gasteiger partial charge in [-0.1, -0.05) is 11.6 Å². The van der Waals surface area contributed by atoms with Gasteiger partial charge in [-0.15, -0.1) is 0 Å². The third-order valence-corrected chi connectivity index (χ3v) is 4.43. The van der Waals surface area contributed by atoms with Gasteiger partial charge in [-0.25, -0.2) is 9.97 Å².